The summed E-state index contributed by atoms with van der Waals surface area (Å²) in [6, 6.07) is 7.49. The second-order valence-electron chi connectivity index (χ2n) is 14.7. The van der Waals surface area contributed by atoms with Crippen LogP contribution in [0.1, 0.15) is 104 Å². The minimum atomic E-state index is -1.16. The molecule has 4 rings (SSSR count). The lowest BCUT2D eigenvalue weighted by Gasteiger charge is -2.41. The van der Waals surface area contributed by atoms with Gasteiger partial charge in [-0.3, -0.25) is 24.1 Å². The maximum absolute atomic E-state index is 14.5. The van der Waals surface area contributed by atoms with Gasteiger partial charge in [-0.15, -0.1) is 0 Å². The standard InChI is InChI=1S/C36H54N4O7/c1-25(23-29(41)47-35(2,3)4)38(5)32(43)30(27-17-10-11-18-27)39(6)33(44)36(20-12-13-21-36)37-31(42)28-19-14-22-40(28)34(45)46-24-26-15-8-7-9-16-26/h7-9,15-16,25,27-28,30H,10-14,17-24H2,1-6H3,(H,37,42)/t25?,28-,30-/m0/s1. The van der Waals surface area contributed by atoms with E-state index < -0.39 is 35.4 Å². The smallest absolute Gasteiger partial charge is 0.410 e. The van der Waals surface area contributed by atoms with Gasteiger partial charge in [-0.05, 0) is 77.7 Å². The van der Waals surface area contributed by atoms with Crippen LogP contribution in [-0.4, -0.2) is 94.4 Å². The minimum Gasteiger partial charge on any atom is -0.460 e. The van der Waals surface area contributed by atoms with Gasteiger partial charge < -0.3 is 24.6 Å². The van der Waals surface area contributed by atoms with Gasteiger partial charge in [0.15, 0.2) is 0 Å². The first-order chi connectivity index (χ1) is 22.2. The molecule has 47 heavy (non-hydrogen) atoms. The molecule has 4 amide bonds. The van der Waals surface area contributed by atoms with Crippen molar-refractivity contribution < 1.29 is 33.4 Å². The molecule has 1 saturated heterocycles. The maximum Gasteiger partial charge on any atom is 0.410 e. The van der Waals surface area contributed by atoms with E-state index in [9.17, 15) is 24.0 Å². The summed E-state index contributed by atoms with van der Waals surface area (Å²) in [4.78, 5) is 72.6. The quantitative estimate of drug-likeness (QED) is 0.340. The molecular weight excluding hydrogens is 600 g/mol. The molecule has 3 atom stereocenters. The summed E-state index contributed by atoms with van der Waals surface area (Å²) in [5, 5.41) is 3.09. The zero-order valence-electron chi connectivity index (χ0n) is 29.1. The van der Waals surface area contributed by atoms with Gasteiger partial charge in [0.1, 0.15) is 29.8 Å². The Morgan fingerprint density at radius 2 is 1.57 bits per heavy atom. The maximum atomic E-state index is 14.5. The van der Waals surface area contributed by atoms with E-state index in [4.69, 9.17) is 9.47 Å². The average Bonchev–Trinajstić information content (AvgIpc) is 3.82. The Bertz CT molecular complexity index is 1270. The number of esters is 1. The molecular formula is C36H54N4O7. The summed E-state index contributed by atoms with van der Waals surface area (Å²) in [7, 11) is 3.35. The summed E-state index contributed by atoms with van der Waals surface area (Å²) in [5.74, 6) is -1.27. The second kappa shape index (κ2) is 15.5. The molecule has 1 N–H and O–H groups in total. The number of likely N-dealkylation sites (N-methyl/N-ethyl adjacent to an activating group) is 2. The Labute approximate surface area is 279 Å². The van der Waals surface area contributed by atoms with Crippen molar-refractivity contribution in [2.45, 2.75) is 134 Å². The summed E-state index contributed by atoms with van der Waals surface area (Å²) in [5.41, 5.74) is -0.932. The summed E-state index contributed by atoms with van der Waals surface area (Å²) in [6.45, 7) is 7.74. The van der Waals surface area contributed by atoms with Crippen molar-refractivity contribution in [2.75, 3.05) is 20.6 Å². The summed E-state index contributed by atoms with van der Waals surface area (Å²) in [6.07, 6.45) is 6.69. The Kier molecular flexibility index (Phi) is 12.0. The fourth-order valence-corrected chi connectivity index (χ4v) is 7.36. The predicted octanol–water partition coefficient (Wildman–Crippen LogP) is 4.81. The lowest BCUT2D eigenvalue weighted by molar-refractivity contribution is -0.158. The van der Waals surface area contributed by atoms with Gasteiger partial charge in [0.25, 0.3) is 0 Å². The highest BCUT2D eigenvalue weighted by molar-refractivity contribution is 5.97. The molecule has 0 bridgehead atoms. The van der Waals surface area contributed by atoms with E-state index in [2.05, 4.69) is 5.32 Å². The van der Waals surface area contributed by atoms with Gasteiger partial charge in [-0.2, -0.15) is 0 Å². The monoisotopic (exact) mass is 654 g/mol. The van der Waals surface area contributed by atoms with Crippen LogP contribution >= 0.6 is 0 Å². The summed E-state index contributed by atoms with van der Waals surface area (Å²) >= 11 is 0. The van der Waals surface area contributed by atoms with Crippen LogP contribution in [0.5, 0.6) is 0 Å². The van der Waals surface area contributed by atoms with Gasteiger partial charge in [-0.25, -0.2) is 4.79 Å². The number of carbonyl (C=O) groups is 5. The normalized spacial score (nSPS) is 20.7. The van der Waals surface area contributed by atoms with Crippen LogP contribution in [0.15, 0.2) is 30.3 Å². The molecule has 2 saturated carbocycles. The van der Waals surface area contributed by atoms with Gasteiger partial charge in [0.05, 0.1) is 6.42 Å². The fourth-order valence-electron chi connectivity index (χ4n) is 7.36. The third kappa shape index (κ3) is 9.05. The Morgan fingerprint density at radius 1 is 0.936 bits per heavy atom. The zero-order chi connectivity index (χ0) is 34.4. The molecule has 260 valence electrons. The number of likely N-dealkylation sites (tertiary alicyclic amines) is 1. The first-order valence-electron chi connectivity index (χ1n) is 17.3. The number of nitrogens with one attached hydrogen (secondary N) is 1. The number of hydrogen-bond donors (Lipinski definition) is 1. The molecule has 1 unspecified atom stereocenters. The van der Waals surface area contributed by atoms with Crippen LogP contribution in [-0.2, 0) is 35.3 Å². The molecule has 0 aromatic heterocycles. The minimum absolute atomic E-state index is 0.0218. The number of amides is 4. The Balaban J connectivity index is 1.47. The van der Waals surface area contributed by atoms with Crippen LogP contribution in [0.3, 0.4) is 0 Å². The molecule has 1 heterocycles. The SMILES string of the molecule is CC(CC(=O)OC(C)(C)C)N(C)C(=O)[C@H](C1CCCC1)N(C)C(=O)C1(NC(=O)[C@@H]2CCCN2C(=O)OCc2ccccc2)CCCC1. The highest BCUT2D eigenvalue weighted by Crippen LogP contribution is 2.36. The lowest BCUT2D eigenvalue weighted by Crippen LogP contribution is -2.64. The molecule has 11 heteroatoms. The molecule has 3 fully saturated rings. The number of benzene rings is 1. The van der Waals surface area contributed by atoms with Crippen LogP contribution in [0.4, 0.5) is 4.79 Å². The van der Waals surface area contributed by atoms with Crippen molar-refractivity contribution in [3.63, 3.8) is 0 Å². The first-order valence-corrected chi connectivity index (χ1v) is 17.3. The van der Waals surface area contributed by atoms with Gasteiger partial charge in [0.2, 0.25) is 17.7 Å². The highest BCUT2D eigenvalue weighted by Gasteiger charge is 2.50. The lowest BCUT2D eigenvalue weighted by atomic mass is 9.90. The van der Waals surface area contributed by atoms with E-state index in [0.29, 0.717) is 32.2 Å². The molecule has 0 spiro atoms. The molecule has 1 aliphatic heterocycles. The Morgan fingerprint density at radius 3 is 2.19 bits per heavy atom. The molecule has 1 aromatic carbocycles. The fraction of sp³-hybridized carbons (Fsp3) is 0.694. The topological polar surface area (TPSA) is 126 Å². The van der Waals surface area contributed by atoms with Crippen molar-refractivity contribution in [3.8, 4) is 0 Å². The van der Waals surface area contributed by atoms with Gasteiger partial charge in [0, 0.05) is 26.7 Å². The van der Waals surface area contributed by atoms with E-state index in [0.717, 1.165) is 44.1 Å². The summed E-state index contributed by atoms with van der Waals surface area (Å²) < 4.78 is 11.0. The number of rotatable bonds is 11. The van der Waals surface area contributed by atoms with E-state index >= 15 is 0 Å². The Hall–Kier alpha value is -3.63. The molecule has 0 radical (unpaired) electrons. The van der Waals surface area contributed by atoms with Gasteiger partial charge >= 0.3 is 12.1 Å². The third-order valence-corrected chi connectivity index (χ3v) is 9.95. The number of nitrogens with zero attached hydrogens (tertiary/aromatic N) is 3. The van der Waals surface area contributed by atoms with E-state index in [1.54, 1.807) is 44.7 Å². The zero-order valence-corrected chi connectivity index (χ0v) is 29.1. The number of carbonyl (C=O) groups excluding carboxylic acids is 5. The van der Waals surface area contributed by atoms with Crippen LogP contribution in [0.25, 0.3) is 0 Å². The highest BCUT2D eigenvalue weighted by atomic mass is 16.6. The largest absolute Gasteiger partial charge is 0.460 e. The van der Waals surface area contributed by atoms with E-state index in [1.807, 2.05) is 37.3 Å². The third-order valence-electron chi connectivity index (χ3n) is 9.95. The van der Waals surface area contributed by atoms with Crippen LogP contribution < -0.4 is 5.32 Å². The first kappa shape index (κ1) is 36.2. The van der Waals surface area contributed by atoms with E-state index in [-0.39, 0.29) is 42.6 Å². The second-order valence-corrected chi connectivity index (χ2v) is 14.7. The molecule has 2 aliphatic carbocycles. The van der Waals surface area contributed by atoms with Crippen molar-refractivity contribution in [2.24, 2.45) is 5.92 Å². The molecule has 1 aromatic rings. The van der Waals surface area contributed by atoms with Crippen LogP contribution in [0.2, 0.25) is 0 Å². The van der Waals surface area contributed by atoms with Crippen molar-refractivity contribution in [1.29, 1.82) is 0 Å². The van der Waals surface area contributed by atoms with E-state index in [1.165, 1.54) is 4.90 Å². The molecule has 11 nitrogen and oxygen atoms in total. The van der Waals surface area contributed by atoms with Crippen molar-refractivity contribution in [3.05, 3.63) is 35.9 Å². The average molecular weight is 655 g/mol. The van der Waals surface area contributed by atoms with Crippen LogP contribution in [0, 0.1) is 5.92 Å². The number of hydrogen-bond acceptors (Lipinski definition) is 7. The van der Waals surface area contributed by atoms with Gasteiger partial charge in [-0.1, -0.05) is 56.0 Å². The number of ether oxygens (including phenoxy) is 2. The predicted molar refractivity (Wildman–Crippen MR) is 177 cm³/mol. The molecule has 3 aliphatic rings. The van der Waals surface area contributed by atoms with Crippen molar-refractivity contribution >= 4 is 29.8 Å². The van der Waals surface area contributed by atoms with Crippen molar-refractivity contribution in [1.82, 2.24) is 20.0 Å².